The lowest BCUT2D eigenvalue weighted by atomic mass is 10.0. The van der Waals surface area contributed by atoms with Gasteiger partial charge in [-0.05, 0) is 37.6 Å². The number of aliphatic hydroxyl groups excluding tert-OH is 1. The highest BCUT2D eigenvalue weighted by Gasteiger charge is 2.31. The van der Waals surface area contributed by atoms with E-state index >= 15 is 0 Å². The molecule has 0 aromatic heterocycles. The van der Waals surface area contributed by atoms with Crippen LogP contribution in [-0.2, 0) is 4.79 Å². The van der Waals surface area contributed by atoms with Crippen LogP contribution >= 0.6 is 15.9 Å². The van der Waals surface area contributed by atoms with Crippen molar-refractivity contribution >= 4 is 27.9 Å². The summed E-state index contributed by atoms with van der Waals surface area (Å²) in [5, 5.41) is 9.64. The van der Waals surface area contributed by atoms with Crippen molar-refractivity contribution in [3.63, 3.8) is 0 Å². The minimum atomic E-state index is -0.365. The summed E-state index contributed by atoms with van der Waals surface area (Å²) in [6.07, 6.45) is 2.40. The van der Waals surface area contributed by atoms with Gasteiger partial charge in [-0.1, -0.05) is 15.9 Å². The molecule has 3 rings (SSSR count). The third-order valence-electron chi connectivity index (χ3n) is 4.15. The van der Waals surface area contributed by atoms with Gasteiger partial charge in [0.15, 0.2) is 0 Å². The van der Waals surface area contributed by atoms with Gasteiger partial charge in [0.2, 0.25) is 0 Å². The van der Waals surface area contributed by atoms with Gasteiger partial charge in [0, 0.05) is 29.0 Å². The quantitative estimate of drug-likeness (QED) is 0.890. The topological polar surface area (TPSA) is 49.8 Å². The molecule has 2 heterocycles. The van der Waals surface area contributed by atoms with Crippen LogP contribution in [-0.4, -0.2) is 41.7 Å². The summed E-state index contributed by atoms with van der Waals surface area (Å²) in [4.78, 5) is 14.4. The minimum Gasteiger partial charge on any atom is -0.488 e. The summed E-state index contributed by atoms with van der Waals surface area (Å²) >= 11 is 3.43. The molecule has 2 aliphatic rings. The van der Waals surface area contributed by atoms with Gasteiger partial charge < -0.3 is 14.7 Å². The van der Waals surface area contributed by atoms with Crippen molar-refractivity contribution in [3.05, 3.63) is 33.8 Å². The number of likely N-dealkylation sites (tertiary alicyclic amines) is 1. The summed E-state index contributed by atoms with van der Waals surface area (Å²) in [6, 6.07) is 5.77. The Hall–Kier alpha value is -1.33. The molecule has 0 radical (unpaired) electrons. The van der Waals surface area contributed by atoms with Crippen LogP contribution in [0.5, 0.6) is 5.75 Å². The Labute approximate surface area is 132 Å². The maximum atomic E-state index is 12.5. The number of amides is 1. The van der Waals surface area contributed by atoms with Gasteiger partial charge in [0.25, 0.3) is 5.91 Å². The molecular weight excluding hydrogens is 334 g/mol. The normalized spacial score (nSPS) is 22.3. The predicted octanol–water partition coefficient (Wildman–Crippen LogP) is 2.45. The predicted molar refractivity (Wildman–Crippen MR) is 84.0 cm³/mol. The summed E-state index contributed by atoms with van der Waals surface area (Å²) in [6.45, 7) is 3.43. The smallest absolute Gasteiger partial charge is 0.253 e. The van der Waals surface area contributed by atoms with E-state index in [1.165, 1.54) is 0 Å². The fraction of sp³-hybridized carbons (Fsp3) is 0.438. The summed E-state index contributed by atoms with van der Waals surface area (Å²) in [5.74, 6) is 1.00. The molecule has 0 bridgehead atoms. The van der Waals surface area contributed by atoms with Gasteiger partial charge in [-0.15, -0.1) is 0 Å². The van der Waals surface area contributed by atoms with E-state index in [9.17, 15) is 9.90 Å². The lowest BCUT2D eigenvalue weighted by Crippen LogP contribution is -2.33. The van der Waals surface area contributed by atoms with Crippen LogP contribution in [0, 0.1) is 5.92 Å². The van der Waals surface area contributed by atoms with E-state index in [2.05, 4.69) is 15.9 Å². The number of benzene rings is 1. The molecule has 1 saturated heterocycles. The fourth-order valence-corrected chi connectivity index (χ4v) is 3.22. The summed E-state index contributed by atoms with van der Waals surface area (Å²) < 4.78 is 6.62. The number of halogens is 1. The van der Waals surface area contributed by atoms with E-state index in [1.54, 1.807) is 6.92 Å². The Morgan fingerprint density at radius 1 is 1.52 bits per heavy atom. The molecule has 0 saturated carbocycles. The molecule has 21 heavy (non-hydrogen) atoms. The zero-order chi connectivity index (χ0) is 15.0. The molecule has 1 amide bonds. The van der Waals surface area contributed by atoms with Crippen LogP contribution in [0.15, 0.2) is 28.2 Å². The van der Waals surface area contributed by atoms with Crippen molar-refractivity contribution in [3.8, 4) is 5.75 Å². The Kier molecular flexibility index (Phi) is 4.04. The second kappa shape index (κ2) is 5.81. The van der Waals surface area contributed by atoms with Crippen molar-refractivity contribution in [2.24, 2.45) is 5.92 Å². The van der Waals surface area contributed by atoms with Crippen LogP contribution in [0.1, 0.15) is 18.9 Å². The molecule has 0 aliphatic carbocycles. The van der Waals surface area contributed by atoms with Gasteiger partial charge >= 0.3 is 0 Å². The molecule has 1 N–H and O–H groups in total. The Balaban J connectivity index is 1.77. The van der Waals surface area contributed by atoms with E-state index < -0.39 is 0 Å². The first-order valence-corrected chi connectivity index (χ1v) is 7.94. The number of rotatable bonds is 2. The van der Waals surface area contributed by atoms with Crippen LogP contribution in [0.4, 0.5) is 0 Å². The van der Waals surface area contributed by atoms with Gasteiger partial charge in [0.1, 0.15) is 12.4 Å². The lowest BCUT2D eigenvalue weighted by Gasteiger charge is -2.22. The molecule has 4 nitrogen and oxygen atoms in total. The fourth-order valence-electron chi connectivity index (χ4n) is 2.84. The molecule has 2 aliphatic heterocycles. The average molecular weight is 352 g/mol. The van der Waals surface area contributed by atoms with E-state index in [0.717, 1.165) is 22.2 Å². The largest absolute Gasteiger partial charge is 0.488 e. The number of fused-ring (bicyclic) bond motifs is 1. The number of hydrogen-bond acceptors (Lipinski definition) is 3. The molecule has 1 aromatic carbocycles. The van der Waals surface area contributed by atoms with Gasteiger partial charge in [-0.3, -0.25) is 4.79 Å². The molecule has 112 valence electrons. The van der Waals surface area contributed by atoms with E-state index in [4.69, 9.17) is 4.74 Å². The van der Waals surface area contributed by atoms with Crippen molar-refractivity contribution in [1.82, 2.24) is 4.90 Å². The van der Waals surface area contributed by atoms with E-state index in [1.807, 2.05) is 29.2 Å². The third-order valence-corrected chi connectivity index (χ3v) is 4.65. The van der Waals surface area contributed by atoms with Crippen LogP contribution in [0.2, 0.25) is 0 Å². The van der Waals surface area contributed by atoms with Crippen molar-refractivity contribution in [2.45, 2.75) is 19.4 Å². The molecule has 1 aromatic rings. The summed E-state index contributed by atoms with van der Waals surface area (Å²) in [5.41, 5.74) is 1.59. The zero-order valence-electron chi connectivity index (χ0n) is 11.9. The highest BCUT2D eigenvalue weighted by molar-refractivity contribution is 9.10. The first-order chi connectivity index (χ1) is 10.0. The van der Waals surface area contributed by atoms with Crippen LogP contribution in [0.25, 0.3) is 6.08 Å². The number of hydrogen-bond donors (Lipinski definition) is 1. The second-order valence-electron chi connectivity index (χ2n) is 5.68. The number of aliphatic hydroxyl groups is 1. The Bertz CT molecular complexity index is 597. The third kappa shape index (κ3) is 2.99. The van der Waals surface area contributed by atoms with Crippen LogP contribution in [0.3, 0.4) is 0 Å². The summed E-state index contributed by atoms with van der Waals surface area (Å²) in [7, 11) is 0. The molecule has 0 spiro atoms. The average Bonchev–Trinajstić information content (AvgIpc) is 2.95. The molecule has 2 atom stereocenters. The monoisotopic (exact) mass is 351 g/mol. The van der Waals surface area contributed by atoms with Crippen molar-refractivity contribution < 1.29 is 14.6 Å². The standard InChI is InChI=1S/C16H18BrNO3/c1-10(19)11-4-5-18(8-11)16(20)13-6-12-7-14(17)2-3-15(12)21-9-13/h2-3,6-7,10-11,19H,4-5,8-9H2,1H3. The van der Waals surface area contributed by atoms with Gasteiger partial charge in [-0.25, -0.2) is 0 Å². The lowest BCUT2D eigenvalue weighted by molar-refractivity contribution is -0.126. The number of nitrogens with zero attached hydrogens (tertiary/aromatic N) is 1. The Morgan fingerprint density at radius 2 is 2.33 bits per heavy atom. The van der Waals surface area contributed by atoms with E-state index in [0.29, 0.717) is 25.3 Å². The zero-order valence-corrected chi connectivity index (χ0v) is 13.5. The number of ether oxygens (including phenoxy) is 1. The molecule has 1 fully saturated rings. The molecular formula is C16H18BrNO3. The minimum absolute atomic E-state index is 0.0174. The van der Waals surface area contributed by atoms with E-state index in [-0.39, 0.29) is 17.9 Å². The van der Waals surface area contributed by atoms with Gasteiger partial charge in [-0.2, -0.15) is 0 Å². The second-order valence-corrected chi connectivity index (χ2v) is 6.60. The number of carbonyl (C=O) groups is 1. The van der Waals surface area contributed by atoms with Crippen molar-refractivity contribution in [1.29, 1.82) is 0 Å². The van der Waals surface area contributed by atoms with Crippen molar-refractivity contribution in [2.75, 3.05) is 19.7 Å². The first-order valence-electron chi connectivity index (χ1n) is 7.15. The Morgan fingerprint density at radius 3 is 3.05 bits per heavy atom. The highest BCUT2D eigenvalue weighted by Crippen LogP contribution is 2.30. The maximum absolute atomic E-state index is 12.5. The SMILES string of the molecule is CC(O)C1CCN(C(=O)C2=Cc3cc(Br)ccc3OC2)C1. The van der Waals surface area contributed by atoms with Gasteiger partial charge in [0.05, 0.1) is 11.7 Å². The van der Waals surface area contributed by atoms with Crippen LogP contribution < -0.4 is 4.74 Å². The maximum Gasteiger partial charge on any atom is 0.253 e. The first kappa shape index (κ1) is 14.6. The molecule has 5 heteroatoms. The number of carbonyl (C=O) groups excluding carboxylic acids is 1. The highest BCUT2D eigenvalue weighted by atomic mass is 79.9. The molecule has 2 unspecified atom stereocenters.